The van der Waals surface area contributed by atoms with E-state index in [9.17, 15) is 4.79 Å². The Morgan fingerprint density at radius 3 is 3.04 bits per heavy atom. The zero-order valence-corrected chi connectivity index (χ0v) is 14.8. The molecule has 3 saturated heterocycles. The molecular weight excluding hydrogens is 304 g/mol. The maximum Gasteiger partial charge on any atom is 0.230 e. The zero-order chi connectivity index (χ0) is 16.7. The molecule has 0 radical (unpaired) electrons. The molecule has 1 aromatic rings. The third kappa shape index (κ3) is 2.47. The van der Waals surface area contributed by atoms with Gasteiger partial charge in [-0.3, -0.25) is 14.4 Å². The average molecular weight is 332 g/mol. The highest BCUT2D eigenvalue weighted by molar-refractivity contribution is 5.85. The number of fused-ring (bicyclic) bond motifs is 3. The van der Waals surface area contributed by atoms with Gasteiger partial charge in [0.2, 0.25) is 5.91 Å². The first kappa shape index (κ1) is 16.1. The summed E-state index contributed by atoms with van der Waals surface area (Å²) in [4.78, 5) is 17.9. The van der Waals surface area contributed by atoms with Crippen LogP contribution < -0.4 is 0 Å². The van der Waals surface area contributed by atoms with Crippen LogP contribution in [0.2, 0.25) is 0 Å². The fourth-order valence-corrected chi connectivity index (χ4v) is 5.33. The van der Waals surface area contributed by atoms with Crippen LogP contribution in [0.3, 0.4) is 0 Å². The molecule has 2 bridgehead atoms. The highest BCUT2D eigenvalue weighted by atomic mass is 16.5. The summed E-state index contributed by atoms with van der Waals surface area (Å²) in [6, 6.07) is 0.960. The molecule has 3 aliphatic heterocycles. The number of likely N-dealkylation sites (tertiary alicyclic amines) is 1. The number of carbonyl (C=O) groups is 1. The molecule has 0 aliphatic carbocycles. The normalized spacial score (nSPS) is 33.1. The van der Waals surface area contributed by atoms with Crippen LogP contribution in [0.15, 0.2) is 12.4 Å². The van der Waals surface area contributed by atoms with Crippen molar-refractivity contribution >= 4 is 5.91 Å². The third-order valence-corrected chi connectivity index (χ3v) is 6.33. The van der Waals surface area contributed by atoms with Crippen LogP contribution in [-0.4, -0.2) is 64.4 Å². The molecule has 4 rings (SSSR count). The maximum absolute atomic E-state index is 13.3. The lowest BCUT2D eigenvalue weighted by Crippen LogP contribution is -2.54. The molecular formula is C18H28N4O2. The number of amides is 1. The van der Waals surface area contributed by atoms with Crippen molar-refractivity contribution < 1.29 is 9.53 Å². The predicted molar refractivity (Wildman–Crippen MR) is 90.3 cm³/mol. The minimum Gasteiger partial charge on any atom is -0.383 e. The Hall–Kier alpha value is -1.40. The first-order valence-electron chi connectivity index (χ1n) is 9.15. The molecule has 132 valence electrons. The molecule has 1 spiro atoms. The van der Waals surface area contributed by atoms with Crippen molar-refractivity contribution in [3.8, 4) is 0 Å². The number of hydrogen-bond donors (Lipinski definition) is 0. The van der Waals surface area contributed by atoms with E-state index in [1.54, 1.807) is 7.11 Å². The second-order valence-corrected chi connectivity index (χ2v) is 7.69. The quantitative estimate of drug-likeness (QED) is 0.818. The summed E-state index contributed by atoms with van der Waals surface area (Å²) in [5.74, 6) is 0.384. The smallest absolute Gasteiger partial charge is 0.230 e. The number of hydrogen-bond acceptors (Lipinski definition) is 4. The number of aromatic nitrogens is 2. The van der Waals surface area contributed by atoms with Crippen molar-refractivity contribution in [2.75, 3.05) is 26.8 Å². The van der Waals surface area contributed by atoms with Crippen LogP contribution >= 0.6 is 0 Å². The third-order valence-electron chi connectivity index (χ3n) is 6.33. The van der Waals surface area contributed by atoms with Crippen LogP contribution in [0.5, 0.6) is 0 Å². The number of piperidine rings is 1. The van der Waals surface area contributed by atoms with E-state index >= 15 is 0 Å². The van der Waals surface area contributed by atoms with E-state index in [1.165, 1.54) is 12.0 Å². The largest absolute Gasteiger partial charge is 0.383 e. The van der Waals surface area contributed by atoms with Gasteiger partial charge in [-0.25, -0.2) is 0 Å². The summed E-state index contributed by atoms with van der Waals surface area (Å²) in [5, 5.41) is 4.29. The summed E-state index contributed by atoms with van der Waals surface area (Å²) in [6.07, 6.45) is 9.67. The first-order chi connectivity index (χ1) is 11.6. The van der Waals surface area contributed by atoms with Gasteiger partial charge < -0.3 is 9.64 Å². The first-order valence-corrected chi connectivity index (χ1v) is 9.15. The van der Waals surface area contributed by atoms with Crippen LogP contribution in [-0.2, 0) is 23.1 Å². The molecule has 3 fully saturated rings. The Kier molecular flexibility index (Phi) is 4.12. The van der Waals surface area contributed by atoms with Crippen molar-refractivity contribution in [3.63, 3.8) is 0 Å². The van der Waals surface area contributed by atoms with Crippen molar-refractivity contribution in [1.82, 2.24) is 19.6 Å². The van der Waals surface area contributed by atoms with Gasteiger partial charge >= 0.3 is 0 Å². The monoisotopic (exact) mass is 332 g/mol. The van der Waals surface area contributed by atoms with Crippen molar-refractivity contribution in [3.05, 3.63) is 18.0 Å². The Morgan fingerprint density at radius 2 is 2.29 bits per heavy atom. The van der Waals surface area contributed by atoms with Gasteiger partial charge in [0, 0.05) is 57.6 Å². The fourth-order valence-electron chi connectivity index (χ4n) is 5.33. The minimum atomic E-state index is -0.142. The number of aryl methyl sites for hydroxylation is 1. The second kappa shape index (κ2) is 6.15. The Labute approximate surface area is 143 Å². The SMILES string of the molecule is COCCN1CCC[C@@]2(CC3CCC2N3Cc2cnn(C)c2)C1=O. The molecule has 2 unspecified atom stereocenters. The zero-order valence-electron chi connectivity index (χ0n) is 14.8. The summed E-state index contributed by atoms with van der Waals surface area (Å²) >= 11 is 0. The van der Waals surface area contributed by atoms with Gasteiger partial charge in [0.25, 0.3) is 0 Å². The van der Waals surface area contributed by atoms with Gasteiger partial charge in [-0.15, -0.1) is 0 Å². The average Bonchev–Trinajstić information content (AvgIpc) is 3.24. The molecule has 3 aliphatic rings. The Bertz CT molecular complexity index is 616. The van der Waals surface area contributed by atoms with Crippen LogP contribution in [0.25, 0.3) is 0 Å². The fraction of sp³-hybridized carbons (Fsp3) is 0.778. The lowest BCUT2D eigenvalue weighted by atomic mass is 9.68. The molecule has 24 heavy (non-hydrogen) atoms. The lowest BCUT2D eigenvalue weighted by molar-refractivity contribution is -0.149. The van der Waals surface area contributed by atoms with Crippen LogP contribution in [0.1, 0.15) is 37.7 Å². The second-order valence-electron chi connectivity index (χ2n) is 7.69. The topological polar surface area (TPSA) is 50.6 Å². The molecule has 0 saturated carbocycles. The van der Waals surface area contributed by atoms with Crippen LogP contribution in [0.4, 0.5) is 0 Å². The Balaban J connectivity index is 1.53. The molecule has 6 nitrogen and oxygen atoms in total. The van der Waals surface area contributed by atoms with Gasteiger partial charge in [0.1, 0.15) is 0 Å². The summed E-state index contributed by atoms with van der Waals surface area (Å²) < 4.78 is 7.06. The molecule has 6 heteroatoms. The number of nitrogens with zero attached hydrogens (tertiary/aromatic N) is 4. The molecule has 1 aromatic heterocycles. The number of methoxy groups -OCH3 is 1. The van der Waals surface area contributed by atoms with Gasteiger partial charge in [0.05, 0.1) is 18.2 Å². The Morgan fingerprint density at radius 1 is 1.42 bits per heavy atom. The predicted octanol–water partition coefficient (Wildman–Crippen LogP) is 1.41. The standard InChI is InChI=1S/C18H28N4O2/c1-20-12-14(11-19-20)13-22-15-4-5-16(22)18(10-15)6-3-7-21(17(18)23)8-9-24-2/h11-12,15-16H,3-10,13H2,1-2H3/t15?,16?,18-/m0/s1. The van der Waals surface area contributed by atoms with Crippen molar-refractivity contribution in [1.29, 1.82) is 0 Å². The van der Waals surface area contributed by atoms with E-state index in [4.69, 9.17) is 4.74 Å². The lowest BCUT2D eigenvalue weighted by Gasteiger charge is -2.44. The summed E-state index contributed by atoms with van der Waals surface area (Å²) in [6.45, 7) is 3.19. The maximum atomic E-state index is 13.3. The molecule has 4 heterocycles. The summed E-state index contributed by atoms with van der Waals surface area (Å²) in [7, 11) is 3.67. The molecule has 0 aromatic carbocycles. The molecule has 1 amide bonds. The van der Waals surface area contributed by atoms with E-state index in [-0.39, 0.29) is 5.41 Å². The minimum absolute atomic E-state index is 0.142. The number of rotatable bonds is 5. The van der Waals surface area contributed by atoms with E-state index in [0.29, 0.717) is 24.6 Å². The van der Waals surface area contributed by atoms with Crippen molar-refractivity contribution in [2.45, 2.75) is 50.7 Å². The molecule has 3 atom stereocenters. The van der Waals surface area contributed by atoms with E-state index < -0.39 is 0 Å². The van der Waals surface area contributed by atoms with Crippen molar-refractivity contribution in [2.24, 2.45) is 12.5 Å². The van der Waals surface area contributed by atoms with Gasteiger partial charge in [-0.1, -0.05) is 0 Å². The van der Waals surface area contributed by atoms with Gasteiger partial charge in [-0.05, 0) is 32.1 Å². The van der Waals surface area contributed by atoms with Gasteiger partial charge in [0.15, 0.2) is 0 Å². The number of ether oxygens (including phenoxy) is 1. The van der Waals surface area contributed by atoms with Gasteiger partial charge in [-0.2, -0.15) is 5.10 Å². The van der Waals surface area contributed by atoms with Crippen LogP contribution in [0, 0.1) is 5.41 Å². The highest BCUT2D eigenvalue weighted by Gasteiger charge is 2.61. The highest BCUT2D eigenvalue weighted by Crippen LogP contribution is 2.54. The van der Waals surface area contributed by atoms with E-state index in [0.717, 1.165) is 45.3 Å². The summed E-state index contributed by atoms with van der Waals surface area (Å²) in [5.41, 5.74) is 1.11. The van der Waals surface area contributed by atoms with E-state index in [2.05, 4.69) is 21.1 Å². The number of carbonyl (C=O) groups excluding carboxylic acids is 1. The van der Waals surface area contributed by atoms with E-state index in [1.807, 2.05) is 17.9 Å². The molecule has 0 N–H and O–H groups in total.